The van der Waals surface area contributed by atoms with Crippen molar-refractivity contribution in [2.24, 2.45) is 16.9 Å². The number of anilines is 1. The number of hydrogen-bond acceptors (Lipinski definition) is 5. The van der Waals surface area contributed by atoms with Crippen LogP contribution in [-0.2, 0) is 14.8 Å². The first-order valence-electron chi connectivity index (χ1n) is 15.8. The van der Waals surface area contributed by atoms with Crippen LogP contribution in [0.15, 0.2) is 137 Å². The molecule has 4 aromatic carbocycles. The number of piperidine rings is 1. The maximum absolute atomic E-state index is 14.1. The summed E-state index contributed by atoms with van der Waals surface area (Å²) in [7, 11) is -3.73. The van der Waals surface area contributed by atoms with E-state index in [0.29, 0.717) is 46.9 Å². The summed E-state index contributed by atoms with van der Waals surface area (Å²) in [5.41, 5.74) is 5.10. The Hall–Kier alpha value is -5.12. The molecular weight excluding hydrogens is 607 g/mol. The zero-order valence-electron chi connectivity index (χ0n) is 26.3. The molecule has 3 heterocycles. The second kappa shape index (κ2) is 12.6. The molecule has 236 valence electrons. The van der Waals surface area contributed by atoms with E-state index in [-0.39, 0.29) is 22.6 Å². The number of benzene rings is 4. The molecule has 0 spiro atoms. The van der Waals surface area contributed by atoms with Crippen LogP contribution in [0.5, 0.6) is 0 Å². The number of para-hydroxylation sites is 2. The Morgan fingerprint density at radius 3 is 2.00 bits per heavy atom. The topological polar surface area (TPSA) is 87.9 Å². The molecule has 1 amide bonds. The lowest BCUT2D eigenvalue weighted by Gasteiger charge is -2.34. The Bertz CT molecular complexity index is 2080. The van der Waals surface area contributed by atoms with Gasteiger partial charge in [-0.3, -0.25) is 4.79 Å². The van der Waals surface area contributed by atoms with Crippen LogP contribution in [0.3, 0.4) is 0 Å². The van der Waals surface area contributed by atoms with Gasteiger partial charge < -0.3 is 0 Å². The Balaban J connectivity index is 1.36. The summed E-state index contributed by atoms with van der Waals surface area (Å²) in [6, 6.07) is 35.6. The van der Waals surface area contributed by atoms with E-state index in [9.17, 15) is 13.2 Å². The zero-order valence-corrected chi connectivity index (χ0v) is 27.1. The summed E-state index contributed by atoms with van der Waals surface area (Å²) >= 11 is 0. The molecule has 1 aromatic heterocycles. The van der Waals surface area contributed by atoms with E-state index < -0.39 is 10.0 Å². The fraction of sp³-hybridized carbons (Fsp3) is 0.184. The van der Waals surface area contributed by atoms with Gasteiger partial charge in [0.1, 0.15) is 11.4 Å². The molecule has 2 atom stereocenters. The van der Waals surface area contributed by atoms with Crippen LogP contribution < -0.4 is 5.01 Å². The first-order chi connectivity index (χ1) is 22.8. The molecule has 0 bridgehead atoms. The van der Waals surface area contributed by atoms with Crippen LogP contribution in [0.1, 0.15) is 31.4 Å². The van der Waals surface area contributed by atoms with Gasteiger partial charge in [0, 0.05) is 36.0 Å². The first-order valence-corrected chi connectivity index (χ1v) is 17.2. The van der Waals surface area contributed by atoms with E-state index in [0.717, 1.165) is 17.7 Å². The molecule has 9 heteroatoms. The second-order valence-corrected chi connectivity index (χ2v) is 14.3. The van der Waals surface area contributed by atoms with Gasteiger partial charge in [0.15, 0.2) is 0 Å². The molecule has 0 saturated carbocycles. The first kappa shape index (κ1) is 30.5. The summed E-state index contributed by atoms with van der Waals surface area (Å²) in [4.78, 5) is 14.3. The SMILES string of the molecule is CC1CC(C)CN(S(=O)(=O)c2cccc(-c3nn(-c4ccccc4)cc3/C=C3\C(=O)N(c4ccccc4)N=C3c3ccccc3)c2)C1. The number of amides is 1. The minimum atomic E-state index is -3.73. The normalized spacial score (nSPS) is 19.7. The minimum absolute atomic E-state index is 0.225. The van der Waals surface area contributed by atoms with Gasteiger partial charge in [-0.25, -0.2) is 13.1 Å². The average Bonchev–Trinajstić information content (AvgIpc) is 3.67. The molecule has 0 N–H and O–H groups in total. The summed E-state index contributed by atoms with van der Waals surface area (Å²) in [5, 5.41) is 11.2. The third kappa shape index (κ3) is 6.07. The highest BCUT2D eigenvalue weighted by Crippen LogP contribution is 2.33. The highest BCUT2D eigenvalue weighted by Gasteiger charge is 2.34. The number of nitrogens with zero attached hydrogens (tertiary/aromatic N) is 5. The highest BCUT2D eigenvalue weighted by atomic mass is 32.2. The zero-order chi connectivity index (χ0) is 32.5. The van der Waals surface area contributed by atoms with Crippen LogP contribution in [0.25, 0.3) is 23.0 Å². The third-order valence-electron chi connectivity index (χ3n) is 8.57. The molecular formula is C38H35N5O3S. The van der Waals surface area contributed by atoms with E-state index in [1.165, 1.54) is 5.01 Å². The van der Waals surface area contributed by atoms with E-state index in [4.69, 9.17) is 10.2 Å². The van der Waals surface area contributed by atoms with Crippen molar-refractivity contribution in [1.29, 1.82) is 0 Å². The summed E-state index contributed by atoms with van der Waals surface area (Å²) in [6.07, 6.45) is 4.69. The number of hydrazone groups is 1. The molecule has 0 radical (unpaired) electrons. The monoisotopic (exact) mass is 641 g/mol. The highest BCUT2D eigenvalue weighted by molar-refractivity contribution is 7.89. The van der Waals surface area contributed by atoms with Crippen molar-refractivity contribution in [3.8, 4) is 16.9 Å². The Morgan fingerprint density at radius 2 is 1.34 bits per heavy atom. The maximum atomic E-state index is 14.1. The number of hydrogen-bond donors (Lipinski definition) is 0. The fourth-order valence-electron chi connectivity index (χ4n) is 6.44. The largest absolute Gasteiger partial charge is 0.281 e. The van der Waals surface area contributed by atoms with Crippen LogP contribution >= 0.6 is 0 Å². The van der Waals surface area contributed by atoms with Gasteiger partial charge in [-0.05, 0) is 60.7 Å². The number of carbonyl (C=O) groups is 1. The van der Waals surface area contributed by atoms with Crippen molar-refractivity contribution in [1.82, 2.24) is 14.1 Å². The van der Waals surface area contributed by atoms with E-state index in [2.05, 4.69) is 13.8 Å². The summed E-state index contributed by atoms with van der Waals surface area (Å²) in [5.74, 6) is 0.311. The van der Waals surface area contributed by atoms with Crippen molar-refractivity contribution in [3.63, 3.8) is 0 Å². The van der Waals surface area contributed by atoms with Crippen molar-refractivity contribution in [2.45, 2.75) is 25.2 Å². The van der Waals surface area contributed by atoms with Crippen molar-refractivity contribution >= 4 is 33.4 Å². The van der Waals surface area contributed by atoms with Gasteiger partial charge in [0.05, 0.1) is 21.8 Å². The van der Waals surface area contributed by atoms with Crippen molar-refractivity contribution in [2.75, 3.05) is 18.1 Å². The Morgan fingerprint density at radius 1 is 0.745 bits per heavy atom. The predicted molar refractivity (Wildman–Crippen MR) is 186 cm³/mol. The van der Waals surface area contributed by atoms with Gasteiger partial charge in [-0.1, -0.05) is 92.7 Å². The molecule has 8 nitrogen and oxygen atoms in total. The van der Waals surface area contributed by atoms with Gasteiger partial charge >= 0.3 is 0 Å². The van der Waals surface area contributed by atoms with Gasteiger partial charge in [0.2, 0.25) is 10.0 Å². The molecule has 5 aromatic rings. The average molecular weight is 642 g/mol. The quantitative estimate of drug-likeness (QED) is 0.178. The lowest BCUT2D eigenvalue weighted by Crippen LogP contribution is -2.42. The van der Waals surface area contributed by atoms with E-state index in [1.807, 2.05) is 109 Å². The van der Waals surface area contributed by atoms with Crippen LogP contribution in [0.2, 0.25) is 0 Å². The van der Waals surface area contributed by atoms with Gasteiger partial charge in [0.25, 0.3) is 5.91 Å². The Labute approximate surface area is 275 Å². The standard InChI is InChI=1S/C38H35N5O3S/c1-27-21-28(2)25-41(24-27)47(45,46)34-20-12-15-30(22-34)36-31(26-42(39-36)32-16-8-4-9-17-32)23-35-37(29-13-6-3-7-14-29)40-43(38(35)44)33-18-10-5-11-19-33/h3-20,22-23,26-28H,21,24-25H2,1-2H3/b35-23-. The summed E-state index contributed by atoms with van der Waals surface area (Å²) in [6.45, 7) is 5.19. The Kier molecular flexibility index (Phi) is 8.17. The van der Waals surface area contributed by atoms with Crippen molar-refractivity contribution in [3.05, 3.63) is 138 Å². The molecule has 2 aliphatic heterocycles. The lowest BCUT2D eigenvalue weighted by molar-refractivity contribution is -0.114. The predicted octanol–water partition coefficient (Wildman–Crippen LogP) is 7.04. The summed E-state index contributed by atoms with van der Waals surface area (Å²) < 4.78 is 31.1. The smallest absolute Gasteiger partial charge is 0.267 e. The van der Waals surface area contributed by atoms with E-state index in [1.54, 1.807) is 27.2 Å². The molecule has 7 rings (SSSR count). The minimum Gasteiger partial charge on any atom is -0.267 e. The number of sulfonamides is 1. The maximum Gasteiger partial charge on any atom is 0.281 e. The molecule has 1 fully saturated rings. The second-order valence-electron chi connectivity index (χ2n) is 12.3. The van der Waals surface area contributed by atoms with Crippen LogP contribution in [-0.4, -0.2) is 47.2 Å². The molecule has 1 saturated heterocycles. The van der Waals surface area contributed by atoms with Gasteiger partial charge in [-0.2, -0.15) is 19.5 Å². The van der Waals surface area contributed by atoms with Crippen LogP contribution in [0.4, 0.5) is 5.69 Å². The van der Waals surface area contributed by atoms with E-state index >= 15 is 0 Å². The fourth-order valence-corrected chi connectivity index (χ4v) is 8.16. The molecule has 47 heavy (non-hydrogen) atoms. The molecule has 2 aliphatic rings. The number of aromatic nitrogens is 2. The van der Waals surface area contributed by atoms with Crippen LogP contribution in [0, 0.1) is 11.8 Å². The molecule has 2 unspecified atom stereocenters. The van der Waals surface area contributed by atoms with Crippen molar-refractivity contribution < 1.29 is 13.2 Å². The number of carbonyl (C=O) groups excluding carboxylic acids is 1. The van der Waals surface area contributed by atoms with Gasteiger partial charge in [-0.15, -0.1) is 0 Å². The third-order valence-corrected chi connectivity index (χ3v) is 10.4. The lowest BCUT2D eigenvalue weighted by atomic mass is 9.94. The number of rotatable bonds is 7. The molecule has 0 aliphatic carbocycles.